The highest BCUT2D eigenvalue weighted by Gasteiger charge is 2.23. The number of aromatic nitrogens is 2. The first kappa shape index (κ1) is 22.1. The van der Waals surface area contributed by atoms with Gasteiger partial charge in [-0.05, 0) is 36.5 Å². The first-order valence-electron chi connectivity index (χ1n) is 9.37. The lowest BCUT2D eigenvalue weighted by molar-refractivity contribution is -0.141. The predicted octanol–water partition coefficient (Wildman–Crippen LogP) is 1.37. The number of esters is 1. The van der Waals surface area contributed by atoms with Crippen molar-refractivity contribution in [3.63, 3.8) is 0 Å². The molecule has 2 rings (SSSR count). The molecule has 0 aliphatic rings. The lowest BCUT2D eigenvalue weighted by Crippen LogP contribution is -2.43. The summed E-state index contributed by atoms with van der Waals surface area (Å²) in [6.45, 7) is 7.31. The second-order valence-electron chi connectivity index (χ2n) is 7.59. The normalized spacial score (nSPS) is 11.0. The summed E-state index contributed by atoms with van der Waals surface area (Å²) >= 11 is 0. The third-order valence-electron chi connectivity index (χ3n) is 4.69. The van der Waals surface area contributed by atoms with Gasteiger partial charge >= 0.3 is 11.7 Å². The molecule has 0 unspecified atom stereocenters. The van der Waals surface area contributed by atoms with Gasteiger partial charge in [-0.1, -0.05) is 32.0 Å². The maximum Gasteiger partial charge on any atom is 0.332 e. The lowest BCUT2D eigenvalue weighted by Gasteiger charge is -2.16. The number of anilines is 1. The zero-order chi connectivity index (χ0) is 21.9. The van der Waals surface area contributed by atoms with E-state index in [0.29, 0.717) is 0 Å². The van der Waals surface area contributed by atoms with Crippen molar-refractivity contribution in [2.75, 3.05) is 12.3 Å². The van der Waals surface area contributed by atoms with Gasteiger partial charge in [0, 0.05) is 13.6 Å². The average molecular weight is 401 g/mol. The van der Waals surface area contributed by atoms with Gasteiger partial charge in [0.2, 0.25) is 5.78 Å². The van der Waals surface area contributed by atoms with Crippen molar-refractivity contribution >= 4 is 17.6 Å². The quantitative estimate of drug-likeness (QED) is 0.554. The summed E-state index contributed by atoms with van der Waals surface area (Å²) < 4.78 is 7.08. The molecule has 0 saturated carbocycles. The van der Waals surface area contributed by atoms with E-state index in [0.717, 1.165) is 21.3 Å². The molecular formula is C21H27N3O5. The van der Waals surface area contributed by atoms with Gasteiger partial charge in [-0.15, -0.1) is 0 Å². The molecule has 2 N–H and O–H groups in total. The van der Waals surface area contributed by atoms with Gasteiger partial charge in [-0.25, -0.2) is 4.79 Å². The van der Waals surface area contributed by atoms with Crippen molar-refractivity contribution < 1.29 is 14.3 Å². The predicted molar refractivity (Wildman–Crippen MR) is 110 cm³/mol. The number of Topliss-reactive ketones (excluding diaryl/α,β-unsaturated/α-hetero) is 1. The molecule has 1 aromatic carbocycles. The summed E-state index contributed by atoms with van der Waals surface area (Å²) in [4.78, 5) is 49.4. The van der Waals surface area contributed by atoms with Gasteiger partial charge in [0.1, 0.15) is 11.4 Å². The number of carbonyl (C=O) groups excluding carboxylic acids is 2. The van der Waals surface area contributed by atoms with Crippen LogP contribution in [0.25, 0.3) is 0 Å². The van der Waals surface area contributed by atoms with Crippen molar-refractivity contribution in [2.24, 2.45) is 13.0 Å². The number of aryl methyl sites for hydroxylation is 2. The molecule has 0 bridgehead atoms. The van der Waals surface area contributed by atoms with E-state index < -0.39 is 29.6 Å². The van der Waals surface area contributed by atoms with Gasteiger partial charge < -0.3 is 10.5 Å². The third kappa shape index (κ3) is 5.01. The Labute approximate surface area is 168 Å². The molecule has 8 heteroatoms. The maximum absolute atomic E-state index is 12.6. The van der Waals surface area contributed by atoms with Gasteiger partial charge in [0.25, 0.3) is 5.56 Å². The summed E-state index contributed by atoms with van der Waals surface area (Å²) in [6, 6.07) is 5.61. The van der Waals surface area contributed by atoms with Crippen LogP contribution in [0.15, 0.2) is 27.8 Å². The number of nitrogens with zero attached hydrogens (tertiary/aromatic N) is 2. The van der Waals surface area contributed by atoms with Crippen LogP contribution in [0.3, 0.4) is 0 Å². The number of carbonyl (C=O) groups is 2. The molecule has 0 amide bonds. The van der Waals surface area contributed by atoms with Gasteiger partial charge in [-0.2, -0.15) is 0 Å². The smallest absolute Gasteiger partial charge is 0.332 e. The summed E-state index contributed by atoms with van der Waals surface area (Å²) in [6.07, 6.45) is 0.00867. The van der Waals surface area contributed by atoms with Gasteiger partial charge in [0.15, 0.2) is 6.61 Å². The monoisotopic (exact) mass is 401 g/mol. The summed E-state index contributed by atoms with van der Waals surface area (Å²) in [5, 5.41) is 0. The van der Waals surface area contributed by atoms with Crippen molar-refractivity contribution in [1.82, 2.24) is 9.13 Å². The van der Waals surface area contributed by atoms with Crippen LogP contribution in [-0.2, 0) is 29.5 Å². The Bertz CT molecular complexity index is 1060. The van der Waals surface area contributed by atoms with Crippen LogP contribution in [-0.4, -0.2) is 27.5 Å². The van der Waals surface area contributed by atoms with E-state index in [9.17, 15) is 19.2 Å². The number of hydrogen-bond donors (Lipinski definition) is 1. The van der Waals surface area contributed by atoms with E-state index in [1.165, 1.54) is 11.6 Å². The van der Waals surface area contributed by atoms with E-state index in [-0.39, 0.29) is 30.3 Å². The molecule has 156 valence electrons. The Balaban J connectivity index is 2.19. The van der Waals surface area contributed by atoms with Crippen LogP contribution < -0.4 is 17.0 Å². The first-order valence-corrected chi connectivity index (χ1v) is 9.37. The van der Waals surface area contributed by atoms with Crippen LogP contribution in [0.5, 0.6) is 0 Å². The number of benzene rings is 1. The van der Waals surface area contributed by atoms with E-state index in [2.05, 4.69) is 0 Å². The Morgan fingerprint density at radius 1 is 1.14 bits per heavy atom. The standard InChI is InChI=1S/C21H27N3O5/c1-12(2)10-24-19(22)18(20(27)23(5)21(24)28)16(25)11-29-17(26)9-15-7-6-13(3)14(4)8-15/h6-8,12H,9-11,22H2,1-5H3. The van der Waals surface area contributed by atoms with E-state index in [4.69, 9.17) is 10.5 Å². The molecule has 1 heterocycles. The fourth-order valence-electron chi connectivity index (χ4n) is 2.94. The minimum atomic E-state index is -0.803. The Morgan fingerprint density at radius 2 is 1.79 bits per heavy atom. The topological polar surface area (TPSA) is 113 Å². The second kappa shape index (κ2) is 8.89. The third-order valence-corrected chi connectivity index (χ3v) is 4.69. The molecule has 2 aromatic rings. The van der Waals surface area contributed by atoms with Gasteiger partial charge in [0.05, 0.1) is 6.42 Å². The number of ketones is 1. The molecule has 1 aromatic heterocycles. The first-order chi connectivity index (χ1) is 13.5. The van der Waals surface area contributed by atoms with E-state index in [1.807, 2.05) is 45.9 Å². The highest BCUT2D eigenvalue weighted by Crippen LogP contribution is 2.12. The molecule has 0 spiro atoms. The highest BCUT2D eigenvalue weighted by molar-refractivity contribution is 6.01. The minimum absolute atomic E-state index is 0.00867. The molecule has 8 nitrogen and oxygen atoms in total. The zero-order valence-corrected chi connectivity index (χ0v) is 17.4. The fourth-order valence-corrected chi connectivity index (χ4v) is 2.94. The number of ether oxygens (including phenoxy) is 1. The van der Waals surface area contributed by atoms with E-state index >= 15 is 0 Å². The van der Waals surface area contributed by atoms with Crippen molar-refractivity contribution in [3.05, 3.63) is 61.3 Å². The zero-order valence-electron chi connectivity index (χ0n) is 17.4. The Kier molecular flexibility index (Phi) is 6.79. The highest BCUT2D eigenvalue weighted by atomic mass is 16.5. The van der Waals surface area contributed by atoms with Crippen LogP contribution in [0.1, 0.15) is 40.9 Å². The molecule has 29 heavy (non-hydrogen) atoms. The minimum Gasteiger partial charge on any atom is -0.457 e. The molecule has 0 aliphatic carbocycles. The van der Waals surface area contributed by atoms with Crippen LogP contribution in [0.2, 0.25) is 0 Å². The Hall–Kier alpha value is -3.16. The average Bonchev–Trinajstić information content (AvgIpc) is 2.65. The Morgan fingerprint density at radius 3 is 2.38 bits per heavy atom. The van der Waals surface area contributed by atoms with Crippen LogP contribution in [0, 0.1) is 19.8 Å². The largest absolute Gasteiger partial charge is 0.457 e. The molecule has 0 fully saturated rings. The number of nitrogen functional groups attached to an aromatic ring is 1. The van der Waals surface area contributed by atoms with Crippen LogP contribution in [0.4, 0.5) is 5.82 Å². The number of nitrogens with two attached hydrogens (primary N) is 1. The molecule has 0 saturated heterocycles. The van der Waals surface area contributed by atoms with Crippen molar-refractivity contribution in [1.29, 1.82) is 0 Å². The molecule has 0 radical (unpaired) electrons. The lowest BCUT2D eigenvalue weighted by atomic mass is 10.0. The maximum atomic E-state index is 12.6. The van der Waals surface area contributed by atoms with Gasteiger partial charge in [-0.3, -0.25) is 23.5 Å². The SMILES string of the molecule is Cc1ccc(CC(=O)OCC(=O)c2c(N)n(CC(C)C)c(=O)n(C)c2=O)cc1C. The summed E-state index contributed by atoms with van der Waals surface area (Å²) in [5.74, 6) is -1.46. The van der Waals surface area contributed by atoms with Crippen LogP contribution >= 0.6 is 0 Å². The summed E-state index contributed by atoms with van der Waals surface area (Å²) in [5.41, 5.74) is 7.15. The van der Waals surface area contributed by atoms with Crippen molar-refractivity contribution in [2.45, 2.75) is 40.7 Å². The number of rotatable bonds is 7. The molecular weight excluding hydrogens is 374 g/mol. The molecule has 0 atom stereocenters. The second-order valence-corrected chi connectivity index (χ2v) is 7.59. The van der Waals surface area contributed by atoms with E-state index in [1.54, 1.807) is 0 Å². The van der Waals surface area contributed by atoms with Crippen molar-refractivity contribution in [3.8, 4) is 0 Å². The summed E-state index contributed by atoms with van der Waals surface area (Å²) in [7, 11) is 1.28. The molecule has 0 aliphatic heterocycles. The number of hydrogen-bond acceptors (Lipinski definition) is 6. The fraction of sp³-hybridized carbons (Fsp3) is 0.429.